The maximum absolute atomic E-state index is 14.4. The van der Waals surface area contributed by atoms with E-state index in [4.69, 9.17) is 17.2 Å². The topological polar surface area (TPSA) is 344 Å². The number of unbranched alkanes of at least 4 members (excludes halogenated alkanes) is 5. The fourth-order valence-electron chi connectivity index (χ4n) is 10.9. The smallest absolute Gasteiger partial charge is 0.260 e. The second-order valence-electron chi connectivity index (χ2n) is 21.5. The van der Waals surface area contributed by atoms with Crippen molar-refractivity contribution < 1.29 is 48.9 Å². The molecule has 0 aromatic heterocycles. The zero-order chi connectivity index (χ0) is 57.5. The van der Waals surface area contributed by atoms with E-state index in [-0.39, 0.29) is 75.4 Å². The lowest BCUT2D eigenvalue weighted by Crippen LogP contribution is -2.61. The fourth-order valence-corrected chi connectivity index (χ4v) is 10.9. The maximum atomic E-state index is 14.4. The molecule has 0 unspecified atom stereocenters. The number of fused-ring (bicyclic) bond motifs is 2. The number of carbonyl (C=O) groups is 7. The number of aliphatic imine (C=N–C) groups is 1. The number of nitrogens with one attached hydrogen (secondary N) is 5. The molecule has 7 amide bonds. The minimum Gasteiger partial charge on any atom is -0.508 e. The van der Waals surface area contributed by atoms with E-state index >= 15 is 0 Å². The Morgan fingerprint density at radius 3 is 1.94 bits per heavy atom. The first-order valence-corrected chi connectivity index (χ1v) is 28.2. The molecule has 4 heterocycles. The van der Waals surface area contributed by atoms with Gasteiger partial charge in [-0.25, -0.2) is 4.99 Å². The molecule has 23 heteroatoms. The third-order valence-corrected chi connectivity index (χ3v) is 15.4. The van der Waals surface area contributed by atoms with E-state index in [0.29, 0.717) is 5.56 Å². The van der Waals surface area contributed by atoms with E-state index < -0.39 is 96.0 Å². The molecule has 23 nitrogen and oxygen atoms in total. The first-order chi connectivity index (χ1) is 38.4. The molecular weight excluding hydrogens is 1030 g/mol. The summed E-state index contributed by atoms with van der Waals surface area (Å²) in [5.41, 5.74) is 22.1. The van der Waals surface area contributed by atoms with Gasteiger partial charge < -0.3 is 78.7 Å². The maximum Gasteiger partial charge on any atom is 0.260 e. The summed E-state index contributed by atoms with van der Waals surface area (Å²) in [7, 11) is 0. The Hall–Kier alpha value is -7.50. The van der Waals surface area contributed by atoms with Crippen LogP contribution in [0.1, 0.15) is 106 Å². The van der Waals surface area contributed by atoms with Gasteiger partial charge in [0, 0.05) is 75.6 Å². The second kappa shape index (κ2) is 28.6. The van der Waals surface area contributed by atoms with Gasteiger partial charge in [-0.3, -0.25) is 33.6 Å². The number of phenols is 1. The molecule has 3 aromatic carbocycles. The molecule has 4 aliphatic rings. The molecule has 0 saturated carbocycles. The predicted molar refractivity (Wildman–Crippen MR) is 302 cm³/mol. The second-order valence-corrected chi connectivity index (χ2v) is 21.5. The number of aliphatic hydroxyl groups is 2. The molecular formula is C57H81N13O10. The number of nitrogens with zero attached hydrogens (tertiary/aromatic N) is 5. The highest BCUT2D eigenvalue weighted by molar-refractivity contribution is 6.00. The Morgan fingerprint density at radius 1 is 0.713 bits per heavy atom. The van der Waals surface area contributed by atoms with Crippen LogP contribution < -0.4 is 53.6 Å². The van der Waals surface area contributed by atoms with E-state index in [2.05, 4.69) is 72.6 Å². The lowest BCUT2D eigenvalue weighted by atomic mass is 10.0. The Balaban J connectivity index is 1.07. The largest absolute Gasteiger partial charge is 0.508 e. The average Bonchev–Trinajstić information content (AvgIpc) is 4.10. The molecule has 0 spiro atoms. The lowest BCUT2D eigenvalue weighted by Gasteiger charge is -2.37. The van der Waals surface area contributed by atoms with Gasteiger partial charge in [-0.15, -0.1) is 0 Å². The predicted octanol–water partition coefficient (Wildman–Crippen LogP) is 0.219. The monoisotopic (exact) mass is 1110 g/mol. The summed E-state index contributed by atoms with van der Waals surface area (Å²) in [4.78, 5) is 110. The highest BCUT2D eigenvalue weighted by Gasteiger charge is 2.45. The molecule has 3 aromatic rings. The number of aromatic hydroxyl groups is 1. The quantitative estimate of drug-likeness (QED) is 0.0519. The van der Waals surface area contributed by atoms with E-state index in [9.17, 15) is 48.9 Å². The molecule has 14 N–H and O–H groups in total. The van der Waals surface area contributed by atoms with Gasteiger partial charge in [0.05, 0.1) is 18.2 Å². The van der Waals surface area contributed by atoms with Crippen LogP contribution in [0.25, 0.3) is 0 Å². The highest BCUT2D eigenvalue weighted by Crippen LogP contribution is 2.26. The molecule has 0 radical (unpaired) electrons. The van der Waals surface area contributed by atoms with Crippen molar-refractivity contribution in [3.05, 3.63) is 89.5 Å². The van der Waals surface area contributed by atoms with Crippen LogP contribution in [0.15, 0.2) is 77.8 Å². The minimum atomic E-state index is -1.72. The van der Waals surface area contributed by atoms with Gasteiger partial charge in [0.15, 0.2) is 12.1 Å². The van der Waals surface area contributed by atoms with Gasteiger partial charge >= 0.3 is 0 Å². The van der Waals surface area contributed by atoms with Crippen LogP contribution in [-0.4, -0.2) is 173 Å². The van der Waals surface area contributed by atoms with Crippen LogP contribution in [0.4, 0.5) is 11.4 Å². The summed E-state index contributed by atoms with van der Waals surface area (Å²) in [5, 5.41) is 45.0. The van der Waals surface area contributed by atoms with Crippen molar-refractivity contribution in [1.82, 2.24) is 36.4 Å². The van der Waals surface area contributed by atoms with Crippen molar-refractivity contribution >= 4 is 58.7 Å². The van der Waals surface area contributed by atoms with Gasteiger partial charge in [0.25, 0.3) is 11.8 Å². The number of amides is 7. The van der Waals surface area contributed by atoms with Crippen LogP contribution in [0.3, 0.4) is 0 Å². The first kappa shape index (κ1) is 60.1. The zero-order valence-electron chi connectivity index (χ0n) is 45.9. The third kappa shape index (κ3) is 16.3. The van der Waals surface area contributed by atoms with Gasteiger partial charge in [0.2, 0.25) is 29.5 Å². The van der Waals surface area contributed by atoms with Crippen LogP contribution >= 0.6 is 0 Å². The summed E-state index contributed by atoms with van der Waals surface area (Å²) in [6.45, 7) is 6.07. The van der Waals surface area contributed by atoms with E-state index in [0.717, 1.165) is 48.1 Å². The average molecular weight is 1110 g/mol. The van der Waals surface area contributed by atoms with E-state index in [1.165, 1.54) is 68.8 Å². The molecule has 4 aliphatic heterocycles. The van der Waals surface area contributed by atoms with Gasteiger partial charge in [-0.2, -0.15) is 0 Å². The number of hydrogen-bond donors (Lipinski definition) is 11. The number of phenolic OH excluding ortho intramolecular Hbond substituents is 1. The number of carbonyl (C=O) groups excluding carboxylic acids is 7. The standard InChI is InChI=1S/C57H81N13O10/c1-3-4-5-6-7-8-10-36-12-19-40(20-13-36)67-27-29-68(30-28-67)41-21-17-38(18-22-41)50(74)63-44-11-9-26-61-53(77)46-31-39(62-57(59)60)33-69(46)56(80)49(58)66-52(76)45(25-16-37-14-23-42(72)24-15-37)64-54(78)47-32-43(73)34-70(47)55(79)48(35(2)71)65-51(44)75/h12-15,17-24,35,39,43-49,71-73H,3-11,16,25-34,58H2,1-2H3,(H,61,77)(H,63,74)(H,64,78)(H,65,75)(H,66,76)(H4,59,60,62)/t35-,39+,43-,44+,45+,46+,47+,48+,49-/m1/s1. The molecule has 4 fully saturated rings. The number of guanidine groups is 1. The first-order valence-electron chi connectivity index (χ1n) is 28.2. The van der Waals surface area contributed by atoms with Crippen LogP contribution in [-0.2, 0) is 41.6 Å². The number of nitrogens with two attached hydrogens (primary N) is 3. The normalized spacial score (nSPS) is 25.1. The van der Waals surface area contributed by atoms with Crippen molar-refractivity contribution in [3.8, 4) is 5.75 Å². The molecule has 434 valence electrons. The molecule has 0 bridgehead atoms. The zero-order valence-corrected chi connectivity index (χ0v) is 45.9. The van der Waals surface area contributed by atoms with Crippen LogP contribution in [0.5, 0.6) is 5.75 Å². The Bertz CT molecular complexity index is 2630. The van der Waals surface area contributed by atoms with Crippen molar-refractivity contribution in [2.75, 3.05) is 55.6 Å². The van der Waals surface area contributed by atoms with Gasteiger partial charge in [0.1, 0.15) is 36.0 Å². The molecule has 80 heavy (non-hydrogen) atoms. The molecule has 9 atom stereocenters. The summed E-state index contributed by atoms with van der Waals surface area (Å²) < 4.78 is 0. The Labute approximate surface area is 467 Å². The number of piperazine rings is 1. The highest BCUT2D eigenvalue weighted by atomic mass is 16.3. The minimum absolute atomic E-state index is 0.00641. The van der Waals surface area contributed by atoms with Gasteiger partial charge in [-0.1, -0.05) is 63.3 Å². The van der Waals surface area contributed by atoms with E-state index in [1.807, 2.05) is 12.1 Å². The number of aryl methyl sites for hydroxylation is 2. The number of anilines is 2. The van der Waals surface area contributed by atoms with E-state index in [1.54, 1.807) is 24.3 Å². The fraction of sp³-hybridized carbons (Fsp3) is 0.544. The third-order valence-electron chi connectivity index (χ3n) is 15.4. The lowest BCUT2D eigenvalue weighted by molar-refractivity contribution is -0.145. The van der Waals surface area contributed by atoms with Crippen LogP contribution in [0.2, 0.25) is 0 Å². The molecule has 4 saturated heterocycles. The van der Waals surface area contributed by atoms with Crippen molar-refractivity contribution in [3.63, 3.8) is 0 Å². The summed E-state index contributed by atoms with van der Waals surface area (Å²) >= 11 is 0. The Morgan fingerprint density at radius 2 is 1.30 bits per heavy atom. The SMILES string of the molecule is CCCCCCCCc1ccc(N2CCN(c3ccc(C(=O)N[C@H]4CCCNC(=O)[C@@H]5C[C@H](N=C(N)N)CN5C(=O)[C@H](N)NC(=O)[C@H](CCc5ccc(O)cc5)NC(=O)[C@@H]5C[C@@H](O)CN5C(=O)[C@H]([C@@H](C)O)NC4=O)cc3)CC2)cc1. The number of aliphatic hydroxyl groups excluding tert-OH is 2. The Kier molecular flexibility index (Phi) is 21.5. The number of hydrogen-bond acceptors (Lipinski definition) is 14. The van der Waals surface area contributed by atoms with Gasteiger partial charge in [-0.05, 0) is 105 Å². The summed E-state index contributed by atoms with van der Waals surface area (Å²) in [6.07, 6.45) is 4.06. The van der Waals surface area contributed by atoms with Crippen molar-refractivity contribution in [1.29, 1.82) is 0 Å². The number of rotatable bonds is 16. The molecule has 7 rings (SSSR count). The summed E-state index contributed by atoms with van der Waals surface area (Å²) in [6, 6.07) is 14.4. The number of benzene rings is 3. The molecule has 0 aliphatic carbocycles. The van der Waals surface area contributed by atoms with Crippen molar-refractivity contribution in [2.45, 2.75) is 152 Å². The summed E-state index contributed by atoms with van der Waals surface area (Å²) in [5.74, 6) is -5.87. The van der Waals surface area contributed by atoms with Crippen molar-refractivity contribution in [2.24, 2.45) is 22.2 Å². The van der Waals surface area contributed by atoms with Crippen LogP contribution in [0, 0.1) is 0 Å².